The van der Waals surface area contributed by atoms with Gasteiger partial charge in [0.05, 0.1) is 6.61 Å². The van der Waals surface area contributed by atoms with Crippen LogP contribution in [0, 0.1) is 28.6 Å². The van der Waals surface area contributed by atoms with Crippen LogP contribution < -0.4 is 0 Å². The van der Waals surface area contributed by atoms with E-state index in [1.165, 1.54) is 5.57 Å². The number of aliphatic hydroxyl groups is 1. The summed E-state index contributed by atoms with van der Waals surface area (Å²) in [5.41, 5.74) is 1.90. The zero-order valence-corrected chi connectivity index (χ0v) is 14.4. The van der Waals surface area contributed by atoms with Gasteiger partial charge in [0.1, 0.15) is 5.78 Å². The van der Waals surface area contributed by atoms with Gasteiger partial charge in [0.25, 0.3) is 0 Å². The lowest BCUT2D eigenvalue weighted by Crippen LogP contribution is -2.53. The van der Waals surface area contributed by atoms with Crippen molar-refractivity contribution in [3.63, 3.8) is 0 Å². The fourth-order valence-corrected chi connectivity index (χ4v) is 6.81. The van der Waals surface area contributed by atoms with Crippen molar-refractivity contribution < 1.29 is 14.7 Å². The molecule has 3 fully saturated rings. The summed E-state index contributed by atoms with van der Waals surface area (Å²) in [4.78, 5) is 24.6. The first kappa shape index (κ1) is 15.6. The number of fused-ring (bicyclic) bond motifs is 5. The molecule has 4 aliphatic carbocycles. The summed E-state index contributed by atoms with van der Waals surface area (Å²) in [6.45, 7) is 4.33. The molecule has 4 rings (SSSR count). The van der Waals surface area contributed by atoms with Gasteiger partial charge in [0, 0.05) is 23.7 Å². The maximum atomic E-state index is 12.4. The van der Waals surface area contributed by atoms with Crippen molar-refractivity contribution in [2.45, 2.75) is 65.2 Å². The monoisotopic (exact) mass is 316 g/mol. The molecular formula is C20H28O3. The second-order valence-electron chi connectivity index (χ2n) is 8.67. The van der Waals surface area contributed by atoms with Crippen molar-refractivity contribution in [2.75, 3.05) is 6.61 Å². The van der Waals surface area contributed by atoms with Gasteiger partial charge in [-0.05, 0) is 68.8 Å². The van der Waals surface area contributed by atoms with E-state index in [0.717, 1.165) is 50.5 Å². The molecule has 0 aromatic carbocycles. The molecule has 3 saturated carbocycles. The molecular weight excluding hydrogens is 288 g/mol. The lowest BCUT2D eigenvalue weighted by Gasteiger charge is -2.57. The Balaban J connectivity index is 1.76. The molecule has 0 aliphatic heterocycles. The second-order valence-corrected chi connectivity index (χ2v) is 8.67. The normalized spacial score (nSPS) is 46.5. The molecule has 1 N–H and O–H groups in total. The SMILES string of the molecule is CC1=C2CC[C@@H]3[C@H](CC[C@]4(C)C(=O)CC[C@@H]34)[C@@]2(CO)CCC1=O. The molecule has 5 atom stereocenters. The highest BCUT2D eigenvalue weighted by Gasteiger charge is 2.60. The minimum Gasteiger partial charge on any atom is -0.395 e. The summed E-state index contributed by atoms with van der Waals surface area (Å²) in [6.07, 6.45) is 7.23. The van der Waals surface area contributed by atoms with Crippen LogP contribution in [0.4, 0.5) is 0 Å². The molecule has 0 bridgehead atoms. The maximum absolute atomic E-state index is 12.4. The Morgan fingerprint density at radius 3 is 2.57 bits per heavy atom. The molecule has 3 nitrogen and oxygen atoms in total. The zero-order chi connectivity index (χ0) is 16.4. The van der Waals surface area contributed by atoms with E-state index in [2.05, 4.69) is 6.92 Å². The maximum Gasteiger partial charge on any atom is 0.158 e. The first-order chi connectivity index (χ1) is 10.9. The number of aliphatic hydroxyl groups excluding tert-OH is 1. The van der Waals surface area contributed by atoms with Gasteiger partial charge in [-0.1, -0.05) is 12.5 Å². The molecule has 0 unspecified atom stereocenters. The molecule has 0 saturated heterocycles. The van der Waals surface area contributed by atoms with Crippen molar-refractivity contribution in [3.8, 4) is 0 Å². The predicted octanol–water partition coefficient (Wildman–Crippen LogP) is 3.45. The largest absolute Gasteiger partial charge is 0.395 e. The Bertz CT molecular complexity index is 604. The molecule has 0 radical (unpaired) electrons. The first-order valence-corrected chi connectivity index (χ1v) is 9.31. The molecule has 0 aromatic rings. The Labute approximate surface area is 138 Å². The highest BCUT2D eigenvalue weighted by Crippen LogP contribution is 2.64. The summed E-state index contributed by atoms with van der Waals surface area (Å²) < 4.78 is 0. The Hall–Kier alpha value is -0.960. The van der Waals surface area contributed by atoms with Gasteiger partial charge in [-0.25, -0.2) is 0 Å². The molecule has 3 heteroatoms. The summed E-state index contributed by atoms with van der Waals surface area (Å²) in [6, 6.07) is 0. The third-order valence-electron chi connectivity index (χ3n) is 8.14. The van der Waals surface area contributed by atoms with Gasteiger partial charge in [0.2, 0.25) is 0 Å². The molecule has 23 heavy (non-hydrogen) atoms. The van der Waals surface area contributed by atoms with Gasteiger partial charge < -0.3 is 5.11 Å². The van der Waals surface area contributed by atoms with Crippen LogP contribution in [0.3, 0.4) is 0 Å². The number of hydrogen-bond donors (Lipinski definition) is 1. The van der Waals surface area contributed by atoms with Gasteiger partial charge in [-0.3, -0.25) is 9.59 Å². The Morgan fingerprint density at radius 1 is 1.04 bits per heavy atom. The fraction of sp³-hybridized carbons (Fsp3) is 0.800. The predicted molar refractivity (Wildman–Crippen MR) is 87.7 cm³/mol. The summed E-state index contributed by atoms with van der Waals surface area (Å²) >= 11 is 0. The number of carbonyl (C=O) groups is 2. The van der Waals surface area contributed by atoms with Crippen LogP contribution in [0.2, 0.25) is 0 Å². The average Bonchev–Trinajstić information content (AvgIpc) is 2.86. The number of hydrogen-bond acceptors (Lipinski definition) is 3. The van der Waals surface area contributed by atoms with Crippen LogP contribution in [0.25, 0.3) is 0 Å². The van der Waals surface area contributed by atoms with E-state index in [-0.39, 0.29) is 23.2 Å². The van der Waals surface area contributed by atoms with Crippen molar-refractivity contribution in [2.24, 2.45) is 28.6 Å². The van der Waals surface area contributed by atoms with Gasteiger partial charge in [-0.2, -0.15) is 0 Å². The van der Waals surface area contributed by atoms with Crippen LogP contribution in [-0.2, 0) is 9.59 Å². The van der Waals surface area contributed by atoms with Crippen LogP contribution >= 0.6 is 0 Å². The summed E-state index contributed by atoms with van der Waals surface area (Å²) in [5.74, 6) is 2.26. The van der Waals surface area contributed by atoms with Crippen molar-refractivity contribution in [3.05, 3.63) is 11.1 Å². The van der Waals surface area contributed by atoms with Crippen LogP contribution in [0.1, 0.15) is 65.2 Å². The smallest absolute Gasteiger partial charge is 0.158 e. The number of carbonyl (C=O) groups excluding carboxylic acids is 2. The molecule has 126 valence electrons. The highest BCUT2D eigenvalue weighted by atomic mass is 16.3. The molecule has 0 heterocycles. The molecule has 0 spiro atoms. The van der Waals surface area contributed by atoms with E-state index in [1.54, 1.807) is 0 Å². The number of rotatable bonds is 1. The van der Waals surface area contributed by atoms with E-state index in [0.29, 0.717) is 30.0 Å². The standard InChI is InChI=1S/C20H28O3/c1-12-14-4-3-13-15-5-6-18(23)19(15,2)9-7-16(13)20(14,11-21)10-8-17(12)22/h13,15-16,21H,3-11H2,1-2H3/t13-,15-,16-,19-,20+/m0/s1. The molecule has 4 aliphatic rings. The highest BCUT2D eigenvalue weighted by molar-refractivity contribution is 5.97. The lowest BCUT2D eigenvalue weighted by molar-refractivity contribution is -0.134. The van der Waals surface area contributed by atoms with Crippen molar-refractivity contribution in [1.82, 2.24) is 0 Å². The topological polar surface area (TPSA) is 54.4 Å². The first-order valence-electron chi connectivity index (χ1n) is 9.31. The second kappa shape index (κ2) is 5.02. The minimum atomic E-state index is -0.173. The van der Waals surface area contributed by atoms with E-state index in [1.807, 2.05) is 6.92 Å². The fourth-order valence-electron chi connectivity index (χ4n) is 6.81. The van der Waals surface area contributed by atoms with Gasteiger partial charge in [-0.15, -0.1) is 0 Å². The lowest BCUT2D eigenvalue weighted by atomic mass is 9.46. The van der Waals surface area contributed by atoms with Crippen molar-refractivity contribution >= 4 is 11.6 Å². The summed E-state index contributed by atoms with van der Waals surface area (Å²) in [5, 5.41) is 10.4. The molecule has 0 aromatic heterocycles. The summed E-state index contributed by atoms with van der Waals surface area (Å²) in [7, 11) is 0. The van der Waals surface area contributed by atoms with Crippen LogP contribution in [0.5, 0.6) is 0 Å². The van der Waals surface area contributed by atoms with E-state index < -0.39 is 0 Å². The van der Waals surface area contributed by atoms with Crippen LogP contribution in [-0.4, -0.2) is 23.3 Å². The number of ketones is 2. The Kier molecular flexibility index (Phi) is 3.39. The van der Waals surface area contributed by atoms with Gasteiger partial charge in [0.15, 0.2) is 5.78 Å². The van der Waals surface area contributed by atoms with E-state index in [9.17, 15) is 14.7 Å². The number of Topliss-reactive ketones (excluding diaryl/α,β-unsaturated/α-hetero) is 2. The molecule has 0 amide bonds. The Morgan fingerprint density at radius 2 is 1.83 bits per heavy atom. The average molecular weight is 316 g/mol. The third-order valence-corrected chi connectivity index (χ3v) is 8.14. The van der Waals surface area contributed by atoms with E-state index in [4.69, 9.17) is 0 Å². The quantitative estimate of drug-likeness (QED) is 0.806. The zero-order valence-electron chi connectivity index (χ0n) is 14.4. The minimum absolute atomic E-state index is 0.113. The third kappa shape index (κ3) is 1.86. The van der Waals surface area contributed by atoms with Gasteiger partial charge >= 0.3 is 0 Å². The van der Waals surface area contributed by atoms with Crippen molar-refractivity contribution in [1.29, 1.82) is 0 Å². The van der Waals surface area contributed by atoms with Crippen LogP contribution in [0.15, 0.2) is 11.1 Å². The van der Waals surface area contributed by atoms with E-state index >= 15 is 0 Å².